The predicted molar refractivity (Wildman–Crippen MR) is 75.4 cm³/mol. The van der Waals surface area contributed by atoms with Crippen LogP contribution in [0.1, 0.15) is 20.3 Å². The van der Waals surface area contributed by atoms with E-state index in [1.807, 2.05) is 0 Å². The van der Waals surface area contributed by atoms with Crippen LogP contribution in [0.25, 0.3) is 0 Å². The van der Waals surface area contributed by atoms with Crippen LogP contribution in [-0.2, 0) is 4.79 Å². The van der Waals surface area contributed by atoms with Crippen LogP contribution >= 0.6 is 0 Å². The van der Waals surface area contributed by atoms with Gasteiger partial charge in [-0.25, -0.2) is 0 Å². The molecule has 0 aliphatic carbocycles. The van der Waals surface area contributed by atoms with E-state index in [2.05, 4.69) is 19.2 Å². The van der Waals surface area contributed by atoms with Crippen LogP contribution in [-0.4, -0.2) is 26.2 Å². The van der Waals surface area contributed by atoms with Crippen molar-refractivity contribution in [2.24, 2.45) is 5.92 Å². The van der Waals surface area contributed by atoms with E-state index in [1.165, 1.54) is 0 Å². The lowest BCUT2D eigenvalue weighted by Crippen LogP contribution is -2.30. The topological polar surface area (TPSA) is 73.6 Å². The maximum Gasteiger partial charge on any atom is 0.257 e. The second kappa shape index (κ2) is 7.51. The summed E-state index contributed by atoms with van der Waals surface area (Å²) >= 11 is 0. The molecule has 5 nitrogen and oxygen atoms in total. The highest BCUT2D eigenvalue weighted by molar-refractivity contribution is 5.77. The second-order valence-electron chi connectivity index (χ2n) is 4.72. The van der Waals surface area contributed by atoms with Crippen LogP contribution in [0.2, 0.25) is 0 Å². The van der Waals surface area contributed by atoms with Gasteiger partial charge in [-0.1, -0.05) is 13.8 Å². The summed E-state index contributed by atoms with van der Waals surface area (Å²) in [4.78, 5) is 11.5. The van der Waals surface area contributed by atoms with E-state index in [1.54, 1.807) is 25.3 Å². The molecule has 1 amide bonds. The molecule has 0 unspecified atom stereocenters. The molecule has 0 atom stereocenters. The minimum Gasteiger partial charge on any atom is -0.495 e. The number of ether oxygens (including phenoxy) is 2. The maximum atomic E-state index is 11.5. The molecular formula is C14H22N2O3. The first-order valence-corrected chi connectivity index (χ1v) is 6.36. The third kappa shape index (κ3) is 5.50. The number of hydrogen-bond donors (Lipinski definition) is 2. The SMILES string of the molecule is COc1ccc(OCC(=O)NCCC(C)C)cc1N. The number of nitrogens with two attached hydrogens (primary N) is 1. The molecule has 0 aromatic heterocycles. The van der Waals surface area contributed by atoms with E-state index in [4.69, 9.17) is 15.2 Å². The van der Waals surface area contributed by atoms with Crippen molar-refractivity contribution in [3.63, 3.8) is 0 Å². The monoisotopic (exact) mass is 266 g/mol. The van der Waals surface area contributed by atoms with Crippen molar-refractivity contribution in [3.8, 4) is 11.5 Å². The van der Waals surface area contributed by atoms with Gasteiger partial charge in [-0.05, 0) is 24.5 Å². The van der Waals surface area contributed by atoms with Gasteiger partial charge in [-0.2, -0.15) is 0 Å². The van der Waals surface area contributed by atoms with Gasteiger partial charge in [0, 0.05) is 12.6 Å². The lowest BCUT2D eigenvalue weighted by molar-refractivity contribution is -0.123. The smallest absolute Gasteiger partial charge is 0.257 e. The van der Waals surface area contributed by atoms with Crippen molar-refractivity contribution in [3.05, 3.63) is 18.2 Å². The molecule has 1 rings (SSSR count). The number of carbonyl (C=O) groups is 1. The third-order valence-corrected chi connectivity index (χ3v) is 2.61. The van der Waals surface area contributed by atoms with Gasteiger partial charge in [0.25, 0.3) is 5.91 Å². The predicted octanol–water partition coefficient (Wildman–Crippen LogP) is 1.82. The summed E-state index contributed by atoms with van der Waals surface area (Å²) in [6.45, 7) is 4.89. The number of methoxy groups -OCH3 is 1. The molecule has 1 aromatic carbocycles. The summed E-state index contributed by atoms with van der Waals surface area (Å²) in [7, 11) is 1.55. The molecule has 0 saturated heterocycles. The van der Waals surface area contributed by atoms with E-state index in [0.29, 0.717) is 29.6 Å². The minimum absolute atomic E-state index is 0.0101. The molecule has 0 fully saturated rings. The van der Waals surface area contributed by atoms with Crippen LogP contribution in [0.5, 0.6) is 11.5 Å². The standard InChI is InChI=1S/C14H22N2O3/c1-10(2)6-7-16-14(17)9-19-11-4-5-13(18-3)12(15)8-11/h4-5,8,10H,6-7,9,15H2,1-3H3,(H,16,17). The summed E-state index contributed by atoms with van der Waals surface area (Å²) in [5.74, 6) is 1.59. The van der Waals surface area contributed by atoms with E-state index < -0.39 is 0 Å². The number of nitrogen functional groups attached to an aromatic ring is 1. The molecule has 3 N–H and O–H groups in total. The van der Waals surface area contributed by atoms with Gasteiger partial charge in [0.15, 0.2) is 6.61 Å². The highest BCUT2D eigenvalue weighted by Crippen LogP contribution is 2.25. The Morgan fingerprint density at radius 3 is 2.74 bits per heavy atom. The Morgan fingerprint density at radius 2 is 2.16 bits per heavy atom. The van der Waals surface area contributed by atoms with Gasteiger partial charge in [0.05, 0.1) is 12.8 Å². The third-order valence-electron chi connectivity index (χ3n) is 2.61. The molecule has 0 saturated carbocycles. The lowest BCUT2D eigenvalue weighted by atomic mass is 10.1. The fourth-order valence-electron chi connectivity index (χ4n) is 1.50. The number of amides is 1. The average molecular weight is 266 g/mol. The molecule has 5 heteroatoms. The van der Waals surface area contributed by atoms with E-state index in [9.17, 15) is 4.79 Å². The Hall–Kier alpha value is -1.91. The Bertz CT molecular complexity index is 419. The number of hydrogen-bond acceptors (Lipinski definition) is 4. The second-order valence-corrected chi connectivity index (χ2v) is 4.72. The van der Waals surface area contributed by atoms with Crippen LogP contribution < -0.4 is 20.5 Å². The summed E-state index contributed by atoms with van der Waals surface area (Å²) < 4.78 is 10.4. The number of nitrogens with one attached hydrogen (secondary N) is 1. The Balaban J connectivity index is 2.36. The lowest BCUT2D eigenvalue weighted by Gasteiger charge is -2.10. The molecule has 0 aliphatic heterocycles. The Kier molecular flexibility index (Phi) is 5.99. The van der Waals surface area contributed by atoms with Gasteiger partial charge in [0.2, 0.25) is 0 Å². The van der Waals surface area contributed by atoms with Crippen molar-refractivity contribution >= 4 is 11.6 Å². The number of rotatable bonds is 7. The normalized spacial score (nSPS) is 10.3. The zero-order valence-electron chi connectivity index (χ0n) is 11.7. The summed E-state index contributed by atoms with van der Waals surface area (Å²) in [5.41, 5.74) is 6.23. The van der Waals surface area contributed by atoms with Crippen molar-refractivity contribution in [1.82, 2.24) is 5.32 Å². The first kappa shape index (κ1) is 15.1. The molecule has 0 radical (unpaired) electrons. The fourth-order valence-corrected chi connectivity index (χ4v) is 1.50. The van der Waals surface area contributed by atoms with E-state index >= 15 is 0 Å². The van der Waals surface area contributed by atoms with Crippen molar-refractivity contribution in [2.45, 2.75) is 20.3 Å². The Labute approximate surface area is 114 Å². The summed E-state index contributed by atoms with van der Waals surface area (Å²) in [6.07, 6.45) is 0.960. The highest BCUT2D eigenvalue weighted by Gasteiger charge is 2.05. The van der Waals surface area contributed by atoms with Gasteiger partial charge >= 0.3 is 0 Å². The van der Waals surface area contributed by atoms with Crippen LogP contribution in [0.15, 0.2) is 18.2 Å². The van der Waals surface area contributed by atoms with Gasteiger partial charge in [-0.15, -0.1) is 0 Å². The van der Waals surface area contributed by atoms with Crippen molar-refractivity contribution in [2.75, 3.05) is 26.0 Å². The van der Waals surface area contributed by atoms with E-state index in [0.717, 1.165) is 6.42 Å². The fraction of sp³-hybridized carbons (Fsp3) is 0.500. The molecule has 0 aliphatic rings. The molecule has 0 spiro atoms. The molecule has 1 aromatic rings. The maximum absolute atomic E-state index is 11.5. The number of carbonyl (C=O) groups excluding carboxylic acids is 1. The van der Waals surface area contributed by atoms with Crippen LogP contribution in [0.4, 0.5) is 5.69 Å². The van der Waals surface area contributed by atoms with Crippen molar-refractivity contribution < 1.29 is 14.3 Å². The first-order chi connectivity index (χ1) is 9.02. The number of benzene rings is 1. The minimum atomic E-state index is -0.130. The van der Waals surface area contributed by atoms with Crippen LogP contribution in [0, 0.1) is 5.92 Å². The zero-order chi connectivity index (χ0) is 14.3. The highest BCUT2D eigenvalue weighted by atomic mass is 16.5. The first-order valence-electron chi connectivity index (χ1n) is 6.36. The number of anilines is 1. The van der Waals surface area contributed by atoms with Gasteiger partial charge in [0.1, 0.15) is 11.5 Å². The van der Waals surface area contributed by atoms with Gasteiger partial charge < -0.3 is 20.5 Å². The summed E-state index contributed by atoms with van der Waals surface area (Å²) in [5, 5.41) is 2.80. The average Bonchev–Trinajstić information content (AvgIpc) is 2.36. The zero-order valence-corrected chi connectivity index (χ0v) is 11.7. The molecule has 19 heavy (non-hydrogen) atoms. The van der Waals surface area contributed by atoms with Crippen LogP contribution in [0.3, 0.4) is 0 Å². The molecule has 0 heterocycles. The quantitative estimate of drug-likeness (QED) is 0.738. The Morgan fingerprint density at radius 1 is 1.42 bits per heavy atom. The largest absolute Gasteiger partial charge is 0.495 e. The molecular weight excluding hydrogens is 244 g/mol. The summed E-state index contributed by atoms with van der Waals surface area (Å²) in [6, 6.07) is 5.07. The molecule has 0 bridgehead atoms. The van der Waals surface area contributed by atoms with Crippen molar-refractivity contribution in [1.29, 1.82) is 0 Å². The van der Waals surface area contributed by atoms with E-state index in [-0.39, 0.29) is 12.5 Å². The molecule has 106 valence electrons. The van der Waals surface area contributed by atoms with Gasteiger partial charge in [-0.3, -0.25) is 4.79 Å².